The lowest BCUT2D eigenvalue weighted by atomic mass is 10.2. The summed E-state index contributed by atoms with van der Waals surface area (Å²) in [6, 6.07) is 1.52. The first kappa shape index (κ1) is 11.5. The molecular formula is C10H10ClNO3. The molecule has 0 bridgehead atoms. The zero-order valence-corrected chi connectivity index (χ0v) is 8.88. The van der Waals surface area contributed by atoms with E-state index < -0.39 is 0 Å². The van der Waals surface area contributed by atoms with Crippen molar-refractivity contribution in [3.05, 3.63) is 39.3 Å². The molecule has 0 aliphatic carbocycles. The van der Waals surface area contributed by atoms with Gasteiger partial charge in [-0.3, -0.25) is 9.59 Å². The lowest BCUT2D eigenvalue weighted by Crippen LogP contribution is -2.04. The number of aromatic amines is 1. The Labute approximate surface area is 91.5 Å². The number of aromatic nitrogens is 1. The predicted molar refractivity (Wildman–Crippen MR) is 57.7 cm³/mol. The third-order valence-electron chi connectivity index (χ3n) is 1.70. The molecular weight excluding hydrogens is 218 g/mol. The van der Waals surface area contributed by atoms with Crippen LogP contribution in [0.4, 0.5) is 0 Å². The fourth-order valence-corrected chi connectivity index (χ4v) is 1.12. The van der Waals surface area contributed by atoms with Crippen molar-refractivity contribution in [1.82, 2.24) is 4.98 Å². The minimum Gasteiger partial charge on any atom is -0.469 e. The maximum absolute atomic E-state index is 10.9. The molecule has 1 aromatic heterocycles. The molecule has 1 aromatic rings. The summed E-state index contributed by atoms with van der Waals surface area (Å²) in [6.07, 6.45) is 5.02. The van der Waals surface area contributed by atoms with E-state index in [1.165, 1.54) is 19.4 Å². The van der Waals surface area contributed by atoms with Crippen molar-refractivity contribution in [3.8, 4) is 0 Å². The zero-order valence-electron chi connectivity index (χ0n) is 8.12. The van der Waals surface area contributed by atoms with Crippen LogP contribution in [0.2, 0.25) is 5.02 Å². The Morgan fingerprint density at radius 2 is 2.40 bits per heavy atom. The summed E-state index contributed by atoms with van der Waals surface area (Å²) in [7, 11) is 1.33. The Hall–Kier alpha value is -1.55. The van der Waals surface area contributed by atoms with Gasteiger partial charge in [0.15, 0.2) is 0 Å². The number of carbonyl (C=O) groups excluding carboxylic acids is 1. The summed E-state index contributed by atoms with van der Waals surface area (Å²) < 4.78 is 4.46. The number of rotatable bonds is 3. The second kappa shape index (κ2) is 5.36. The smallest absolute Gasteiger partial charge is 0.309 e. The van der Waals surface area contributed by atoms with Crippen molar-refractivity contribution in [2.45, 2.75) is 6.42 Å². The first-order chi connectivity index (χ1) is 7.13. The number of methoxy groups -OCH3 is 1. The quantitative estimate of drug-likeness (QED) is 0.798. The van der Waals surface area contributed by atoms with Crippen LogP contribution in [0.3, 0.4) is 0 Å². The van der Waals surface area contributed by atoms with E-state index in [0.29, 0.717) is 0 Å². The normalized spacial score (nSPS) is 10.5. The van der Waals surface area contributed by atoms with E-state index in [0.717, 1.165) is 5.56 Å². The fourth-order valence-electron chi connectivity index (χ4n) is 0.942. The van der Waals surface area contributed by atoms with Gasteiger partial charge in [0, 0.05) is 6.20 Å². The van der Waals surface area contributed by atoms with E-state index in [1.54, 1.807) is 12.2 Å². The van der Waals surface area contributed by atoms with Gasteiger partial charge in [0.05, 0.1) is 13.5 Å². The van der Waals surface area contributed by atoms with Crippen LogP contribution < -0.4 is 5.56 Å². The number of pyridine rings is 1. The molecule has 1 rings (SSSR count). The lowest BCUT2D eigenvalue weighted by molar-refractivity contribution is -0.139. The van der Waals surface area contributed by atoms with Gasteiger partial charge >= 0.3 is 5.97 Å². The highest BCUT2D eigenvalue weighted by atomic mass is 35.5. The van der Waals surface area contributed by atoms with Crippen LogP contribution in [-0.2, 0) is 9.53 Å². The number of nitrogens with one attached hydrogen (secondary N) is 1. The van der Waals surface area contributed by atoms with Crippen LogP contribution in [0.25, 0.3) is 6.08 Å². The van der Waals surface area contributed by atoms with Gasteiger partial charge in [-0.2, -0.15) is 0 Å². The summed E-state index contributed by atoms with van der Waals surface area (Å²) in [4.78, 5) is 24.1. The van der Waals surface area contributed by atoms with Crippen LogP contribution in [0.5, 0.6) is 0 Å². The summed E-state index contributed by atoms with van der Waals surface area (Å²) in [5.74, 6) is -0.318. The highest BCUT2D eigenvalue weighted by molar-refractivity contribution is 6.30. The van der Waals surface area contributed by atoms with Crippen LogP contribution in [0, 0.1) is 0 Å². The molecule has 15 heavy (non-hydrogen) atoms. The second-order valence-electron chi connectivity index (χ2n) is 2.79. The van der Waals surface area contributed by atoms with Gasteiger partial charge in [0.25, 0.3) is 5.56 Å². The van der Waals surface area contributed by atoms with E-state index in [9.17, 15) is 9.59 Å². The number of hydrogen-bond acceptors (Lipinski definition) is 3. The van der Waals surface area contributed by atoms with Crippen molar-refractivity contribution >= 4 is 23.6 Å². The van der Waals surface area contributed by atoms with Crippen molar-refractivity contribution < 1.29 is 9.53 Å². The van der Waals surface area contributed by atoms with Gasteiger partial charge in [-0.05, 0) is 11.6 Å². The number of ether oxygens (including phenoxy) is 1. The molecule has 0 spiro atoms. The second-order valence-corrected chi connectivity index (χ2v) is 3.20. The molecule has 0 amide bonds. The summed E-state index contributed by atoms with van der Waals surface area (Å²) in [6.45, 7) is 0. The maximum Gasteiger partial charge on any atom is 0.309 e. The molecule has 5 heteroatoms. The van der Waals surface area contributed by atoms with Gasteiger partial charge in [-0.25, -0.2) is 0 Å². The highest BCUT2D eigenvalue weighted by Crippen LogP contribution is 2.06. The third kappa shape index (κ3) is 3.59. The predicted octanol–water partition coefficient (Wildman–Crippen LogP) is 1.60. The molecule has 4 nitrogen and oxygen atoms in total. The summed E-state index contributed by atoms with van der Waals surface area (Å²) >= 11 is 5.61. The molecule has 0 fully saturated rings. The van der Waals surface area contributed by atoms with E-state index in [4.69, 9.17) is 11.6 Å². The van der Waals surface area contributed by atoms with Crippen molar-refractivity contribution in [2.24, 2.45) is 0 Å². The van der Waals surface area contributed by atoms with Crippen molar-refractivity contribution in [3.63, 3.8) is 0 Å². The molecule has 0 unspecified atom stereocenters. The minimum absolute atomic E-state index is 0.121. The van der Waals surface area contributed by atoms with Crippen LogP contribution in [0.15, 0.2) is 23.1 Å². The Morgan fingerprint density at radius 1 is 1.67 bits per heavy atom. The number of H-pyrrole nitrogens is 1. The number of hydrogen-bond donors (Lipinski definition) is 1. The van der Waals surface area contributed by atoms with E-state index in [2.05, 4.69) is 9.72 Å². The van der Waals surface area contributed by atoms with E-state index >= 15 is 0 Å². The first-order valence-corrected chi connectivity index (χ1v) is 4.63. The summed E-state index contributed by atoms with van der Waals surface area (Å²) in [5, 5.41) is 0.121. The molecule has 80 valence electrons. The zero-order chi connectivity index (χ0) is 11.3. The van der Waals surface area contributed by atoms with Crippen molar-refractivity contribution in [2.75, 3.05) is 7.11 Å². The molecule has 0 saturated heterocycles. The topological polar surface area (TPSA) is 59.2 Å². The molecule has 0 atom stereocenters. The number of esters is 1. The molecule has 1 heterocycles. The minimum atomic E-state index is -0.332. The Morgan fingerprint density at radius 3 is 3.00 bits per heavy atom. The summed E-state index contributed by atoms with van der Waals surface area (Å²) in [5.41, 5.74) is 0.394. The fraction of sp³-hybridized carbons (Fsp3) is 0.200. The average Bonchev–Trinajstić information content (AvgIpc) is 2.23. The molecule has 0 saturated carbocycles. The monoisotopic (exact) mass is 227 g/mol. The Kier molecular flexibility index (Phi) is 4.12. The highest BCUT2D eigenvalue weighted by Gasteiger charge is 1.97. The molecule has 1 N–H and O–H groups in total. The number of carbonyl (C=O) groups is 1. The van der Waals surface area contributed by atoms with Crippen LogP contribution in [0.1, 0.15) is 12.0 Å². The van der Waals surface area contributed by atoms with E-state index in [-0.39, 0.29) is 23.0 Å². The van der Waals surface area contributed by atoms with Crippen molar-refractivity contribution in [1.29, 1.82) is 0 Å². The molecule has 0 aliphatic heterocycles. The van der Waals surface area contributed by atoms with Gasteiger partial charge < -0.3 is 9.72 Å². The largest absolute Gasteiger partial charge is 0.469 e. The third-order valence-corrected chi connectivity index (χ3v) is 1.98. The molecule has 0 aliphatic rings. The van der Waals surface area contributed by atoms with Crippen LogP contribution in [-0.4, -0.2) is 18.1 Å². The van der Waals surface area contributed by atoms with Gasteiger partial charge in [-0.15, -0.1) is 0 Å². The SMILES string of the molecule is COC(=O)CC=Cc1c[nH]c(=O)c(Cl)c1. The number of halogens is 1. The Balaban J connectivity index is 2.69. The van der Waals surface area contributed by atoms with Gasteiger partial charge in [0.1, 0.15) is 5.02 Å². The molecule has 0 aromatic carbocycles. The maximum atomic E-state index is 10.9. The Bertz CT molecular complexity index is 437. The van der Waals surface area contributed by atoms with Crippen LogP contribution >= 0.6 is 11.6 Å². The van der Waals surface area contributed by atoms with Gasteiger partial charge in [0.2, 0.25) is 0 Å². The standard InChI is InChI=1S/C10H10ClNO3/c1-15-9(13)4-2-3-7-5-8(11)10(14)12-6-7/h2-3,5-6H,4H2,1H3,(H,12,14). The van der Waals surface area contributed by atoms with E-state index in [1.807, 2.05) is 0 Å². The lowest BCUT2D eigenvalue weighted by Gasteiger charge is -1.94. The molecule has 0 radical (unpaired) electrons. The first-order valence-electron chi connectivity index (χ1n) is 4.25. The average molecular weight is 228 g/mol. The van der Waals surface area contributed by atoms with Gasteiger partial charge in [-0.1, -0.05) is 23.8 Å².